The minimum absolute atomic E-state index is 0.217. The summed E-state index contributed by atoms with van der Waals surface area (Å²) < 4.78 is 10.1. The number of carbonyl (C=O) groups excluding carboxylic acids is 2. The summed E-state index contributed by atoms with van der Waals surface area (Å²) >= 11 is 5.85. The lowest BCUT2D eigenvalue weighted by molar-refractivity contribution is -0.124. The van der Waals surface area contributed by atoms with Crippen LogP contribution in [0.4, 0.5) is 0 Å². The Balaban J connectivity index is 1.83. The molecule has 0 aliphatic heterocycles. The second kappa shape index (κ2) is 9.08. The smallest absolute Gasteiger partial charge is 0.342 e. The molecule has 0 heterocycles. The fourth-order valence-electron chi connectivity index (χ4n) is 2.19. The van der Waals surface area contributed by atoms with Crippen LogP contribution in [0.25, 0.3) is 0 Å². The molecule has 0 unspecified atom stereocenters. The SMILES string of the molecule is CCc1ccc(CNC(=O)COC(=O)c2ccc(Cl)cc2OC)cc1. The highest BCUT2D eigenvalue weighted by Crippen LogP contribution is 2.23. The number of aryl methyl sites for hydroxylation is 1. The second-order valence-corrected chi connectivity index (χ2v) is 5.80. The van der Waals surface area contributed by atoms with Gasteiger partial charge in [-0.15, -0.1) is 0 Å². The van der Waals surface area contributed by atoms with E-state index in [4.69, 9.17) is 21.1 Å². The quantitative estimate of drug-likeness (QED) is 0.768. The Morgan fingerprint density at radius 2 is 1.76 bits per heavy atom. The van der Waals surface area contributed by atoms with Gasteiger partial charge in [-0.1, -0.05) is 42.8 Å². The van der Waals surface area contributed by atoms with Crippen molar-refractivity contribution in [2.75, 3.05) is 13.7 Å². The number of rotatable bonds is 7. The molecule has 2 aromatic rings. The minimum atomic E-state index is -0.643. The van der Waals surface area contributed by atoms with Crippen LogP contribution in [0.2, 0.25) is 5.02 Å². The molecule has 2 rings (SSSR count). The van der Waals surface area contributed by atoms with Gasteiger partial charge < -0.3 is 14.8 Å². The van der Waals surface area contributed by atoms with E-state index in [0.717, 1.165) is 12.0 Å². The number of carbonyl (C=O) groups is 2. The van der Waals surface area contributed by atoms with E-state index in [-0.39, 0.29) is 18.1 Å². The number of halogens is 1. The summed E-state index contributed by atoms with van der Waals surface area (Å²) in [6, 6.07) is 12.5. The van der Waals surface area contributed by atoms with Gasteiger partial charge in [-0.3, -0.25) is 4.79 Å². The molecule has 0 saturated heterocycles. The van der Waals surface area contributed by atoms with E-state index in [0.29, 0.717) is 17.3 Å². The molecule has 6 heteroatoms. The molecule has 0 aliphatic carbocycles. The summed E-state index contributed by atoms with van der Waals surface area (Å²) in [6.07, 6.45) is 0.969. The van der Waals surface area contributed by atoms with Crippen LogP contribution in [0.3, 0.4) is 0 Å². The normalized spacial score (nSPS) is 10.2. The highest BCUT2D eigenvalue weighted by Gasteiger charge is 2.15. The van der Waals surface area contributed by atoms with Gasteiger partial charge in [0, 0.05) is 11.6 Å². The van der Waals surface area contributed by atoms with Crippen LogP contribution in [0.15, 0.2) is 42.5 Å². The zero-order valence-electron chi connectivity index (χ0n) is 14.2. The number of esters is 1. The first-order chi connectivity index (χ1) is 12.0. The Labute approximate surface area is 151 Å². The fraction of sp³-hybridized carbons (Fsp3) is 0.263. The number of nitrogens with one attached hydrogen (secondary N) is 1. The average Bonchev–Trinajstić information content (AvgIpc) is 2.64. The standard InChI is InChI=1S/C19H20ClNO4/c1-3-13-4-6-14(7-5-13)11-21-18(22)12-25-19(23)16-9-8-15(20)10-17(16)24-2/h4-10H,3,11-12H2,1-2H3,(H,21,22). The van der Waals surface area contributed by atoms with Crippen LogP contribution in [-0.2, 0) is 22.5 Å². The van der Waals surface area contributed by atoms with Gasteiger partial charge in [-0.05, 0) is 35.7 Å². The molecule has 0 radical (unpaired) electrons. The molecule has 25 heavy (non-hydrogen) atoms. The monoisotopic (exact) mass is 361 g/mol. The van der Waals surface area contributed by atoms with Crippen LogP contribution in [0.5, 0.6) is 5.75 Å². The molecule has 5 nitrogen and oxygen atoms in total. The predicted molar refractivity (Wildman–Crippen MR) is 96.0 cm³/mol. The summed E-state index contributed by atoms with van der Waals surface area (Å²) in [4.78, 5) is 23.9. The molecular weight excluding hydrogens is 342 g/mol. The summed E-state index contributed by atoms with van der Waals surface area (Å²) in [5.41, 5.74) is 2.44. The van der Waals surface area contributed by atoms with E-state index in [1.54, 1.807) is 6.07 Å². The van der Waals surface area contributed by atoms with Crippen molar-refractivity contribution in [3.8, 4) is 5.75 Å². The molecule has 0 aromatic heterocycles. The van der Waals surface area contributed by atoms with E-state index >= 15 is 0 Å². The largest absolute Gasteiger partial charge is 0.496 e. The molecule has 0 bridgehead atoms. The molecule has 0 saturated carbocycles. The number of hydrogen-bond acceptors (Lipinski definition) is 4. The van der Waals surface area contributed by atoms with Gasteiger partial charge in [0.15, 0.2) is 6.61 Å². The van der Waals surface area contributed by atoms with Crippen LogP contribution in [-0.4, -0.2) is 25.6 Å². The van der Waals surface area contributed by atoms with Crippen molar-refractivity contribution in [2.45, 2.75) is 19.9 Å². The highest BCUT2D eigenvalue weighted by molar-refractivity contribution is 6.30. The zero-order valence-corrected chi connectivity index (χ0v) is 14.9. The molecule has 0 fully saturated rings. The maximum atomic E-state index is 12.1. The van der Waals surface area contributed by atoms with E-state index < -0.39 is 5.97 Å². The van der Waals surface area contributed by atoms with Crippen LogP contribution in [0.1, 0.15) is 28.4 Å². The number of amides is 1. The van der Waals surface area contributed by atoms with Crippen molar-refractivity contribution in [3.63, 3.8) is 0 Å². The predicted octanol–water partition coefficient (Wildman–Crippen LogP) is 3.38. The topological polar surface area (TPSA) is 64.6 Å². The third-order valence-electron chi connectivity index (χ3n) is 3.64. The molecule has 2 aromatic carbocycles. The van der Waals surface area contributed by atoms with E-state index in [9.17, 15) is 9.59 Å². The number of benzene rings is 2. The van der Waals surface area contributed by atoms with Crippen molar-refractivity contribution in [3.05, 3.63) is 64.2 Å². The molecule has 0 spiro atoms. The lowest BCUT2D eigenvalue weighted by atomic mass is 10.1. The maximum absolute atomic E-state index is 12.1. The van der Waals surface area contributed by atoms with E-state index in [2.05, 4.69) is 12.2 Å². The van der Waals surface area contributed by atoms with Crippen LogP contribution >= 0.6 is 11.6 Å². The third kappa shape index (κ3) is 5.50. The van der Waals surface area contributed by atoms with Gasteiger partial charge in [0.2, 0.25) is 0 Å². The Kier molecular flexibility index (Phi) is 6.83. The third-order valence-corrected chi connectivity index (χ3v) is 3.87. The maximum Gasteiger partial charge on any atom is 0.342 e. The van der Waals surface area contributed by atoms with Crippen molar-refractivity contribution in [1.82, 2.24) is 5.32 Å². The Morgan fingerprint density at radius 1 is 1.08 bits per heavy atom. The zero-order chi connectivity index (χ0) is 18.2. The van der Waals surface area contributed by atoms with Crippen LogP contribution in [0, 0.1) is 0 Å². The molecule has 1 N–H and O–H groups in total. The summed E-state index contributed by atoms with van der Waals surface area (Å²) in [7, 11) is 1.43. The van der Waals surface area contributed by atoms with Gasteiger partial charge in [0.1, 0.15) is 11.3 Å². The fourth-order valence-corrected chi connectivity index (χ4v) is 2.35. The summed E-state index contributed by atoms with van der Waals surface area (Å²) in [5, 5.41) is 3.16. The van der Waals surface area contributed by atoms with Gasteiger partial charge >= 0.3 is 5.97 Å². The van der Waals surface area contributed by atoms with Crippen molar-refractivity contribution in [2.24, 2.45) is 0 Å². The molecule has 132 valence electrons. The first kappa shape index (κ1) is 18.8. The average molecular weight is 362 g/mol. The molecular formula is C19H20ClNO4. The van der Waals surface area contributed by atoms with E-state index in [1.165, 1.54) is 24.8 Å². The van der Waals surface area contributed by atoms with Crippen LogP contribution < -0.4 is 10.1 Å². The Hall–Kier alpha value is -2.53. The Morgan fingerprint density at radius 3 is 2.40 bits per heavy atom. The minimum Gasteiger partial charge on any atom is -0.496 e. The first-order valence-electron chi connectivity index (χ1n) is 7.88. The van der Waals surface area contributed by atoms with Crippen molar-refractivity contribution in [1.29, 1.82) is 0 Å². The Bertz CT molecular complexity index is 744. The lowest BCUT2D eigenvalue weighted by Gasteiger charge is -2.10. The van der Waals surface area contributed by atoms with Gasteiger partial charge in [-0.25, -0.2) is 4.79 Å². The van der Waals surface area contributed by atoms with Crippen molar-refractivity contribution >= 4 is 23.5 Å². The van der Waals surface area contributed by atoms with Gasteiger partial charge in [0.25, 0.3) is 5.91 Å². The van der Waals surface area contributed by atoms with E-state index in [1.807, 2.05) is 24.3 Å². The van der Waals surface area contributed by atoms with Gasteiger partial charge in [0.05, 0.1) is 7.11 Å². The first-order valence-corrected chi connectivity index (χ1v) is 8.26. The molecule has 1 amide bonds. The number of methoxy groups -OCH3 is 1. The second-order valence-electron chi connectivity index (χ2n) is 5.37. The number of hydrogen-bond donors (Lipinski definition) is 1. The summed E-state index contributed by atoms with van der Waals surface area (Å²) in [5.74, 6) is -0.717. The molecule has 0 aliphatic rings. The molecule has 0 atom stereocenters. The highest BCUT2D eigenvalue weighted by atomic mass is 35.5. The van der Waals surface area contributed by atoms with Gasteiger partial charge in [-0.2, -0.15) is 0 Å². The van der Waals surface area contributed by atoms with Crippen molar-refractivity contribution < 1.29 is 19.1 Å². The number of ether oxygens (including phenoxy) is 2. The lowest BCUT2D eigenvalue weighted by Crippen LogP contribution is -2.28. The summed E-state index contributed by atoms with van der Waals surface area (Å²) in [6.45, 7) is 2.10.